The van der Waals surface area contributed by atoms with Gasteiger partial charge in [0.25, 0.3) is 23.6 Å². The lowest BCUT2D eigenvalue weighted by molar-refractivity contribution is -0.122. The van der Waals surface area contributed by atoms with Crippen molar-refractivity contribution in [3.63, 3.8) is 0 Å². The van der Waals surface area contributed by atoms with E-state index in [0.717, 1.165) is 34.1 Å². The summed E-state index contributed by atoms with van der Waals surface area (Å²) >= 11 is 0. The predicted molar refractivity (Wildman–Crippen MR) is 77.6 cm³/mol. The maximum atomic E-state index is 11.9. The molecule has 0 saturated heterocycles. The third kappa shape index (κ3) is 2.04. The van der Waals surface area contributed by atoms with Crippen LogP contribution >= 0.6 is 0 Å². The van der Waals surface area contributed by atoms with E-state index in [1.54, 1.807) is 6.07 Å². The molecular formula is C15H11N3O4. The Morgan fingerprint density at radius 3 is 1.64 bits per heavy atom. The SMILES string of the molecule is NCc1ccc(N2C(=O)C=CC2=O)c(N2C(=O)C=CC2=O)c1. The molecule has 0 fully saturated rings. The van der Waals surface area contributed by atoms with Crippen LogP contribution in [0.3, 0.4) is 0 Å². The maximum Gasteiger partial charge on any atom is 0.258 e. The molecule has 2 N–H and O–H groups in total. The summed E-state index contributed by atoms with van der Waals surface area (Å²) in [6.45, 7) is 0.192. The Labute approximate surface area is 125 Å². The summed E-state index contributed by atoms with van der Waals surface area (Å²) in [6, 6.07) is 4.66. The Kier molecular flexibility index (Phi) is 3.19. The zero-order valence-electron chi connectivity index (χ0n) is 11.4. The largest absolute Gasteiger partial charge is 0.326 e. The standard InChI is InChI=1S/C15H11N3O4/c16-8-9-1-2-10(17-12(19)3-4-13(17)20)11(7-9)18-14(21)5-6-15(18)22/h1-7H,8,16H2. The molecule has 2 aliphatic rings. The molecule has 0 saturated carbocycles. The number of carbonyl (C=O) groups excluding carboxylic acids is 4. The fraction of sp³-hybridized carbons (Fsp3) is 0.0667. The van der Waals surface area contributed by atoms with Crippen molar-refractivity contribution >= 4 is 35.0 Å². The van der Waals surface area contributed by atoms with Crippen molar-refractivity contribution < 1.29 is 19.2 Å². The Morgan fingerprint density at radius 1 is 0.727 bits per heavy atom. The van der Waals surface area contributed by atoms with Gasteiger partial charge in [0.1, 0.15) is 0 Å². The van der Waals surface area contributed by atoms with Gasteiger partial charge in [-0.1, -0.05) is 6.07 Å². The van der Waals surface area contributed by atoms with E-state index in [-0.39, 0.29) is 17.9 Å². The van der Waals surface area contributed by atoms with Crippen LogP contribution < -0.4 is 15.5 Å². The van der Waals surface area contributed by atoms with Gasteiger partial charge in [0.05, 0.1) is 11.4 Å². The molecule has 0 bridgehead atoms. The summed E-state index contributed by atoms with van der Waals surface area (Å²) in [5, 5.41) is 0. The van der Waals surface area contributed by atoms with E-state index in [9.17, 15) is 19.2 Å². The van der Waals surface area contributed by atoms with Gasteiger partial charge < -0.3 is 5.73 Å². The third-order valence-corrected chi connectivity index (χ3v) is 3.38. The number of anilines is 2. The van der Waals surface area contributed by atoms with Crippen LogP contribution in [0, 0.1) is 0 Å². The number of nitrogens with zero attached hydrogens (tertiary/aromatic N) is 2. The van der Waals surface area contributed by atoms with Gasteiger partial charge in [0, 0.05) is 30.8 Å². The first kappa shape index (κ1) is 13.9. The molecule has 1 aromatic carbocycles. The molecule has 4 amide bonds. The molecule has 3 rings (SSSR count). The van der Waals surface area contributed by atoms with Crippen LogP contribution in [-0.4, -0.2) is 23.6 Å². The molecule has 0 spiro atoms. The minimum atomic E-state index is -0.535. The second kappa shape index (κ2) is 5.05. The normalized spacial score (nSPS) is 17.3. The second-order valence-corrected chi connectivity index (χ2v) is 4.72. The molecule has 0 unspecified atom stereocenters. The van der Waals surface area contributed by atoms with Gasteiger partial charge in [-0.2, -0.15) is 0 Å². The van der Waals surface area contributed by atoms with Crippen LogP contribution in [0.5, 0.6) is 0 Å². The molecule has 110 valence electrons. The maximum absolute atomic E-state index is 11.9. The van der Waals surface area contributed by atoms with Gasteiger partial charge in [-0.25, -0.2) is 9.80 Å². The number of nitrogens with two attached hydrogens (primary N) is 1. The molecule has 2 aliphatic heterocycles. The molecule has 7 heteroatoms. The Bertz CT molecular complexity index is 743. The van der Waals surface area contributed by atoms with Crippen molar-refractivity contribution in [2.75, 3.05) is 9.80 Å². The molecule has 0 aromatic heterocycles. The first-order chi connectivity index (χ1) is 10.5. The number of carbonyl (C=O) groups is 4. The molecular weight excluding hydrogens is 286 g/mol. The van der Waals surface area contributed by atoms with E-state index in [0.29, 0.717) is 5.56 Å². The van der Waals surface area contributed by atoms with Crippen molar-refractivity contribution in [1.82, 2.24) is 0 Å². The highest BCUT2D eigenvalue weighted by atomic mass is 16.2. The first-order valence-electron chi connectivity index (χ1n) is 6.48. The summed E-state index contributed by atoms with van der Waals surface area (Å²) in [5.74, 6) is -2.13. The van der Waals surface area contributed by atoms with Crippen LogP contribution in [0.15, 0.2) is 42.5 Å². The van der Waals surface area contributed by atoms with E-state index in [1.807, 2.05) is 0 Å². The van der Waals surface area contributed by atoms with Crippen molar-refractivity contribution in [2.45, 2.75) is 6.54 Å². The van der Waals surface area contributed by atoms with E-state index in [4.69, 9.17) is 5.73 Å². The fourth-order valence-corrected chi connectivity index (χ4v) is 2.34. The van der Waals surface area contributed by atoms with Gasteiger partial charge in [-0.15, -0.1) is 0 Å². The third-order valence-electron chi connectivity index (χ3n) is 3.38. The van der Waals surface area contributed by atoms with Crippen molar-refractivity contribution in [3.05, 3.63) is 48.1 Å². The lowest BCUT2D eigenvalue weighted by atomic mass is 10.1. The summed E-state index contributed by atoms with van der Waals surface area (Å²) in [6.07, 6.45) is 4.53. The molecule has 0 aliphatic carbocycles. The van der Waals surface area contributed by atoms with Crippen LogP contribution in [0.4, 0.5) is 11.4 Å². The number of hydrogen-bond donors (Lipinski definition) is 1. The zero-order chi connectivity index (χ0) is 15.9. The summed E-state index contributed by atoms with van der Waals surface area (Å²) in [7, 11) is 0. The molecule has 0 radical (unpaired) electrons. The first-order valence-corrected chi connectivity index (χ1v) is 6.48. The average Bonchev–Trinajstić information content (AvgIpc) is 3.01. The highest BCUT2D eigenvalue weighted by Gasteiger charge is 2.33. The lowest BCUT2D eigenvalue weighted by Crippen LogP contribution is -2.35. The van der Waals surface area contributed by atoms with Crippen molar-refractivity contribution in [1.29, 1.82) is 0 Å². The summed E-state index contributed by atoms with van der Waals surface area (Å²) < 4.78 is 0. The van der Waals surface area contributed by atoms with E-state index in [2.05, 4.69) is 0 Å². The Balaban J connectivity index is 2.15. The molecule has 1 aromatic rings. The number of imide groups is 2. The quantitative estimate of drug-likeness (QED) is 0.792. The monoisotopic (exact) mass is 297 g/mol. The van der Waals surface area contributed by atoms with Gasteiger partial charge in [0.15, 0.2) is 0 Å². The lowest BCUT2D eigenvalue weighted by Gasteiger charge is -2.23. The van der Waals surface area contributed by atoms with Crippen LogP contribution in [0.1, 0.15) is 5.56 Å². The fourth-order valence-electron chi connectivity index (χ4n) is 2.34. The van der Waals surface area contributed by atoms with E-state index >= 15 is 0 Å². The van der Waals surface area contributed by atoms with Crippen LogP contribution in [0.2, 0.25) is 0 Å². The number of benzene rings is 1. The van der Waals surface area contributed by atoms with Gasteiger partial charge in [-0.3, -0.25) is 19.2 Å². The van der Waals surface area contributed by atoms with Crippen molar-refractivity contribution in [2.24, 2.45) is 5.73 Å². The second-order valence-electron chi connectivity index (χ2n) is 4.72. The predicted octanol–water partition coefficient (Wildman–Crippen LogP) is 0.00410. The molecule has 2 heterocycles. The smallest absolute Gasteiger partial charge is 0.258 e. The van der Waals surface area contributed by atoms with Gasteiger partial charge in [-0.05, 0) is 17.7 Å². The number of hydrogen-bond acceptors (Lipinski definition) is 5. The van der Waals surface area contributed by atoms with Crippen LogP contribution in [-0.2, 0) is 25.7 Å². The summed E-state index contributed by atoms with van der Waals surface area (Å²) in [4.78, 5) is 49.3. The Morgan fingerprint density at radius 2 is 1.18 bits per heavy atom. The molecule has 22 heavy (non-hydrogen) atoms. The van der Waals surface area contributed by atoms with Crippen molar-refractivity contribution in [3.8, 4) is 0 Å². The molecule has 7 nitrogen and oxygen atoms in total. The van der Waals surface area contributed by atoms with E-state index < -0.39 is 23.6 Å². The number of rotatable bonds is 3. The minimum absolute atomic E-state index is 0.161. The highest BCUT2D eigenvalue weighted by Crippen LogP contribution is 2.34. The topological polar surface area (TPSA) is 101 Å². The van der Waals surface area contributed by atoms with Crippen LogP contribution in [0.25, 0.3) is 0 Å². The van der Waals surface area contributed by atoms with Gasteiger partial charge in [0.2, 0.25) is 0 Å². The zero-order valence-corrected chi connectivity index (χ0v) is 11.4. The minimum Gasteiger partial charge on any atom is -0.326 e. The average molecular weight is 297 g/mol. The Hall–Kier alpha value is -3.06. The summed E-state index contributed by atoms with van der Waals surface area (Å²) in [5.41, 5.74) is 6.58. The number of amides is 4. The highest BCUT2D eigenvalue weighted by molar-refractivity contribution is 6.33. The van der Waals surface area contributed by atoms with E-state index in [1.165, 1.54) is 12.1 Å². The molecule has 0 atom stereocenters. The van der Waals surface area contributed by atoms with Gasteiger partial charge >= 0.3 is 0 Å².